The van der Waals surface area contributed by atoms with Crippen LogP contribution in [0.25, 0.3) is 10.9 Å². The first-order valence-electron chi connectivity index (χ1n) is 9.32. The second-order valence-corrected chi connectivity index (χ2v) is 8.30. The number of pyridine rings is 1. The number of para-hydroxylation sites is 1. The molecule has 2 saturated carbocycles. The fraction of sp³-hybridized carbons (Fsp3) is 0.421. The van der Waals surface area contributed by atoms with Gasteiger partial charge in [-0.05, 0) is 53.7 Å². The molecule has 2 aromatic heterocycles. The van der Waals surface area contributed by atoms with Crippen LogP contribution in [0.1, 0.15) is 31.7 Å². The van der Waals surface area contributed by atoms with Gasteiger partial charge >= 0.3 is 0 Å². The fourth-order valence-electron chi connectivity index (χ4n) is 4.52. The van der Waals surface area contributed by atoms with Gasteiger partial charge in [-0.3, -0.25) is 9.78 Å². The number of nitrogens with zero attached hydrogens (tertiary/aromatic N) is 5. The number of hydrogen-bond acceptors (Lipinski definition) is 6. The molecule has 0 saturated heterocycles. The van der Waals surface area contributed by atoms with Crippen molar-refractivity contribution in [2.45, 2.75) is 36.9 Å². The van der Waals surface area contributed by atoms with Crippen LogP contribution in [-0.2, 0) is 4.79 Å². The summed E-state index contributed by atoms with van der Waals surface area (Å²) >= 11 is 1.40. The Labute approximate surface area is 160 Å². The van der Waals surface area contributed by atoms with E-state index >= 15 is 0 Å². The maximum absolute atomic E-state index is 12.5. The minimum atomic E-state index is -0.0705. The Morgan fingerprint density at radius 2 is 2.15 bits per heavy atom. The van der Waals surface area contributed by atoms with E-state index in [2.05, 4.69) is 25.8 Å². The molecule has 0 radical (unpaired) electrons. The first-order chi connectivity index (χ1) is 13.3. The molecule has 0 spiro atoms. The molecule has 1 amide bonds. The Morgan fingerprint density at radius 3 is 3.00 bits per heavy atom. The van der Waals surface area contributed by atoms with Gasteiger partial charge in [-0.1, -0.05) is 36.4 Å². The van der Waals surface area contributed by atoms with Crippen molar-refractivity contribution in [2.75, 3.05) is 11.1 Å². The molecule has 0 aliphatic heterocycles. The van der Waals surface area contributed by atoms with Gasteiger partial charge in [0.05, 0.1) is 23.0 Å². The van der Waals surface area contributed by atoms with Crippen LogP contribution in [0.2, 0.25) is 0 Å². The number of anilines is 1. The topological polar surface area (TPSA) is 85.6 Å². The fourth-order valence-corrected chi connectivity index (χ4v) is 5.25. The van der Waals surface area contributed by atoms with E-state index in [1.54, 1.807) is 6.20 Å². The molecule has 0 unspecified atom stereocenters. The third-order valence-electron chi connectivity index (χ3n) is 5.73. The summed E-state index contributed by atoms with van der Waals surface area (Å²) in [6.07, 6.45) is 6.78. The van der Waals surface area contributed by atoms with Crippen molar-refractivity contribution < 1.29 is 4.79 Å². The molecule has 5 rings (SSSR count). The number of benzene rings is 1. The molecule has 2 bridgehead atoms. The quantitative estimate of drug-likeness (QED) is 0.684. The van der Waals surface area contributed by atoms with Crippen LogP contribution in [0.3, 0.4) is 0 Å². The van der Waals surface area contributed by atoms with Crippen LogP contribution >= 0.6 is 11.8 Å². The van der Waals surface area contributed by atoms with Gasteiger partial charge in [-0.15, -0.1) is 5.10 Å². The number of amides is 1. The summed E-state index contributed by atoms with van der Waals surface area (Å²) in [5, 5.41) is 16.9. The van der Waals surface area contributed by atoms with Gasteiger partial charge in [-0.2, -0.15) is 0 Å². The second kappa shape index (κ2) is 6.92. The summed E-state index contributed by atoms with van der Waals surface area (Å²) in [6.45, 7) is 0. The number of rotatable bonds is 5. The lowest BCUT2D eigenvalue weighted by molar-refractivity contribution is -0.113. The Morgan fingerprint density at radius 1 is 1.22 bits per heavy atom. The standard InChI is InChI=1S/C19H20N6OS/c26-18(21-16-7-8-20-15-4-2-1-3-14(15)16)11-27-19-22-23-24-25(19)17-10-12-5-6-13(17)9-12/h1-4,7-8,12-13,17H,5-6,9-11H2,(H,20,21,26)/t12-,13+,17-/m0/s1. The van der Waals surface area contributed by atoms with E-state index in [1.807, 2.05) is 35.0 Å². The number of tetrazole rings is 1. The zero-order valence-corrected chi connectivity index (χ0v) is 15.6. The van der Waals surface area contributed by atoms with Gasteiger partial charge in [0.1, 0.15) is 0 Å². The summed E-state index contributed by atoms with van der Waals surface area (Å²) in [4.78, 5) is 16.8. The number of fused-ring (bicyclic) bond motifs is 3. The summed E-state index contributed by atoms with van der Waals surface area (Å²) in [7, 11) is 0. The molecule has 2 heterocycles. The van der Waals surface area contributed by atoms with Gasteiger partial charge < -0.3 is 5.32 Å². The number of carbonyl (C=O) groups is 1. The van der Waals surface area contributed by atoms with E-state index in [-0.39, 0.29) is 11.7 Å². The Balaban J connectivity index is 1.26. The van der Waals surface area contributed by atoms with Gasteiger partial charge in [0.25, 0.3) is 0 Å². The lowest BCUT2D eigenvalue weighted by Crippen LogP contribution is -2.19. The van der Waals surface area contributed by atoms with Gasteiger partial charge in [0.2, 0.25) is 11.1 Å². The Hall–Kier alpha value is -2.48. The molecule has 7 nitrogen and oxygen atoms in total. The molecule has 2 aliphatic rings. The number of nitrogens with one attached hydrogen (secondary N) is 1. The Kier molecular flexibility index (Phi) is 4.27. The molecule has 3 atom stereocenters. The van der Waals surface area contributed by atoms with E-state index in [0.29, 0.717) is 12.0 Å². The van der Waals surface area contributed by atoms with Crippen molar-refractivity contribution >= 4 is 34.3 Å². The van der Waals surface area contributed by atoms with Gasteiger partial charge in [0, 0.05) is 11.6 Å². The molecule has 8 heteroatoms. The first kappa shape index (κ1) is 16.7. The molecule has 27 heavy (non-hydrogen) atoms. The first-order valence-corrected chi connectivity index (χ1v) is 10.3. The van der Waals surface area contributed by atoms with Crippen molar-refractivity contribution in [1.82, 2.24) is 25.2 Å². The predicted octanol–water partition coefficient (Wildman–Crippen LogP) is 3.31. The number of aromatic nitrogens is 5. The van der Waals surface area contributed by atoms with Crippen LogP contribution < -0.4 is 5.32 Å². The maximum Gasteiger partial charge on any atom is 0.234 e. The lowest BCUT2D eigenvalue weighted by Gasteiger charge is -2.22. The number of hydrogen-bond donors (Lipinski definition) is 1. The van der Waals surface area contributed by atoms with Crippen molar-refractivity contribution in [3.8, 4) is 0 Å². The van der Waals surface area contributed by atoms with Crippen LogP contribution in [0.5, 0.6) is 0 Å². The average Bonchev–Trinajstić information content (AvgIpc) is 3.43. The van der Waals surface area contributed by atoms with E-state index < -0.39 is 0 Å². The van der Waals surface area contributed by atoms with Crippen LogP contribution in [0.15, 0.2) is 41.7 Å². The summed E-state index contributed by atoms with van der Waals surface area (Å²) in [5.41, 5.74) is 1.64. The molecule has 2 fully saturated rings. The number of thioether (sulfide) groups is 1. The minimum absolute atomic E-state index is 0.0705. The van der Waals surface area contributed by atoms with E-state index in [1.165, 1.54) is 37.4 Å². The molecule has 138 valence electrons. The van der Waals surface area contributed by atoms with Gasteiger partial charge in [-0.25, -0.2) is 4.68 Å². The van der Waals surface area contributed by atoms with Crippen LogP contribution in [0, 0.1) is 11.8 Å². The third-order valence-corrected chi connectivity index (χ3v) is 6.67. The second-order valence-electron chi connectivity index (χ2n) is 7.36. The van der Waals surface area contributed by atoms with Crippen LogP contribution in [0.4, 0.5) is 5.69 Å². The monoisotopic (exact) mass is 380 g/mol. The number of carbonyl (C=O) groups excluding carboxylic acids is 1. The zero-order valence-electron chi connectivity index (χ0n) is 14.8. The van der Waals surface area contributed by atoms with E-state index in [0.717, 1.165) is 27.7 Å². The summed E-state index contributed by atoms with van der Waals surface area (Å²) in [5.74, 6) is 1.72. The maximum atomic E-state index is 12.5. The molecule has 1 aromatic carbocycles. The highest BCUT2D eigenvalue weighted by atomic mass is 32.2. The highest BCUT2D eigenvalue weighted by Crippen LogP contribution is 2.50. The zero-order chi connectivity index (χ0) is 18.2. The summed E-state index contributed by atoms with van der Waals surface area (Å²) < 4.78 is 1.95. The van der Waals surface area contributed by atoms with Crippen molar-refractivity contribution in [1.29, 1.82) is 0 Å². The van der Waals surface area contributed by atoms with E-state index in [4.69, 9.17) is 0 Å². The molecular weight excluding hydrogens is 360 g/mol. The third kappa shape index (κ3) is 3.18. The minimum Gasteiger partial charge on any atom is -0.325 e. The summed E-state index contributed by atoms with van der Waals surface area (Å²) in [6, 6.07) is 9.99. The Bertz CT molecular complexity index is 984. The largest absolute Gasteiger partial charge is 0.325 e. The SMILES string of the molecule is O=C(CSc1nnnn1[C@H]1C[C@H]2CC[C@@H]1C2)Nc1ccnc2ccccc12. The predicted molar refractivity (Wildman–Crippen MR) is 103 cm³/mol. The van der Waals surface area contributed by atoms with E-state index in [9.17, 15) is 4.79 Å². The molecule has 1 N–H and O–H groups in total. The highest BCUT2D eigenvalue weighted by Gasteiger charge is 2.42. The van der Waals surface area contributed by atoms with Crippen LogP contribution in [-0.4, -0.2) is 36.9 Å². The normalized spacial score (nSPS) is 23.8. The molecule has 2 aliphatic carbocycles. The van der Waals surface area contributed by atoms with Gasteiger partial charge in [0.15, 0.2) is 0 Å². The molecular formula is C19H20N6OS. The van der Waals surface area contributed by atoms with Crippen molar-refractivity contribution in [3.05, 3.63) is 36.5 Å². The average molecular weight is 380 g/mol. The van der Waals surface area contributed by atoms with Crippen molar-refractivity contribution in [2.24, 2.45) is 11.8 Å². The van der Waals surface area contributed by atoms with Crippen molar-refractivity contribution in [3.63, 3.8) is 0 Å². The lowest BCUT2D eigenvalue weighted by atomic mass is 9.96. The molecule has 3 aromatic rings. The highest BCUT2D eigenvalue weighted by molar-refractivity contribution is 7.99. The smallest absolute Gasteiger partial charge is 0.234 e.